The predicted molar refractivity (Wildman–Crippen MR) is 72.6 cm³/mol. The minimum Gasteiger partial charge on any atom is -0.467 e. The predicted octanol–water partition coefficient (Wildman–Crippen LogP) is 1.76. The highest BCUT2D eigenvalue weighted by atomic mass is 16.5. The monoisotopic (exact) mass is 253 g/mol. The maximum atomic E-state index is 5.48. The molecule has 0 unspecified atom stereocenters. The van der Waals surface area contributed by atoms with Crippen LogP contribution in [0.3, 0.4) is 0 Å². The summed E-state index contributed by atoms with van der Waals surface area (Å²) >= 11 is 0. The Morgan fingerprint density at radius 1 is 1.33 bits per heavy atom. The lowest BCUT2D eigenvalue weighted by Gasteiger charge is -2.08. The van der Waals surface area contributed by atoms with Gasteiger partial charge in [0.2, 0.25) is 0 Å². The molecule has 1 rings (SSSR count). The first-order valence-corrected chi connectivity index (χ1v) is 6.49. The zero-order valence-electron chi connectivity index (χ0n) is 11.2. The highest BCUT2D eigenvalue weighted by Crippen LogP contribution is 2.01. The van der Waals surface area contributed by atoms with Crippen molar-refractivity contribution in [3.63, 3.8) is 0 Å². The number of hydrogen-bond acceptors (Lipinski definition) is 3. The fraction of sp³-hybridized carbons (Fsp3) is 0.615. The van der Waals surface area contributed by atoms with Gasteiger partial charge < -0.3 is 19.8 Å². The van der Waals surface area contributed by atoms with E-state index in [4.69, 9.17) is 9.15 Å². The van der Waals surface area contributed by atoms with Crippen LogP contribution in [0.5, 0.6) is 0 Å². The second-order valence-electron chi connectivity index (χ2n) is 3.78. The summed E-state index contributed by atoms with van der Waals surface area (Å²) in [6.07, 6.45) is 2.56. The minimum atomic E-state index is 0.532. The Balaban J connectivity index is 2.07. The van der Waals surface area contributed by atoms with Gasteiger partial charge in [-0.2, -0.15) is 0 Å². The van der Waals surface area contributed by atoms with Crippen LogP contribution in [-0.4, -0.2) is 32.2 Å². The first-order chi connectivity index (χ1) is 8.86. The van der Waals surface area contributed by atoms with Crippen molar-refractivity contribution < 1.29 is 9.15 Å². The van der Waals surface area contributed by atoms with E-state index in [9.17, 15) is 0 Å². The molecule has 0 saturated carbocycles. The first-order valence-electron chi connectivity index (χ1n) is 6.49. The number of nitrogens with one attached hydrogen (secondary N) is 2. The third-order valence-corrected chi connectivity index (χ3v) is 2.23. The molecule has 0 aliphatic heterocycles. The smallest absolute Gasteiger partial charge is 0.191 e. The zero-order valence-corrected chi connectivity index (χ0v) is 11.2. The molecule has 102 valence electrons. The van der Waals surface area contributed by atoms with Crippen LogP contribution in [0.1, 0.15) is 26.0 Å². The van der Waals surface area contributed by atoms with E-state index in [0.29, 0.717) is 13.2 Å². The summed E-state index contributed by atoms with van der Waals surface area (Å²) in [5, 5.41) is 6.36. The summed E-state index contributed by atoms with van der Waals surface area (Å²) in [6, 6.07) is 3.77. The lowest BCUT2D eigenvalue weighted by Crippen LogP contribution is -2.37. The minimum absolute atomic E-state index is 0.532. The van der Waals surface area contributed by atoms with Crippen LogP contribution in [0, 0.1) is 0 Å². The molecule has 0 aliphatic carbocycles. The summed E-state index contributed by atoms with van der Waals surface area (Å²) < 4.78 is 10.6. The van der Waals surface area contributed by atoms with E-state index in [-0.39, 0.29) is 0 Å². The summed E-state index contributed by atoms with van der Waals surface area (Å²) in [4.78, 5) is 4.43. The lowest BCUT2D eigenvalue weighted by atomic mass is 10.4. The van der Waals surface area contributed by atoms with E-state index >= 15 is 0 Å². The molecule has 1 aromatic heterocycles. The van der Waals surface area contributed by atoms with Gasteiger partial charge in [-0.1, -0.05) is 0 Å². The molecule has 0 atom stereocenters. The van der Waals surface area contributed by atoms with Gasteiger partial charge in [-0.25, -0.2) is 0 Å². The van der Waals surface area contributed by atoms with Crippen LogP contribution >= 0.6 is 0 Å². The highest BCUT2D eigenvalue weighted by Gasteiger charge is 1.96. The molecule has 0 aliphatic rings. The van der Waals surface area contributed by atoms with Crippen molar-refractivity contribution in [3.05, 3.63) is 24.2 Å². The van der Waals surface area contributed by atoms with E-state index in [1.807, 2.05) is 12.1 Å². The Morgan fingerprint density at radius 3 is 2.72 bits per heavy atom. The first kappa shape index (κ1) is 14.6. The summed E-state index contributed by atoms with van der Waals surface area (Å²) in [7, 11) is 0. The topological polar surface area (TPSA) is 58.8 Å². The number of ether oxygens (including phenoxy) is 1. The lowest BCUT2D eigenvalue weighted by molar-refractivity contribution is 0.105. The van der Waals surface area contributed by atoms with E-state index in [1.165, 1.54) is 0 Å². The molecule has 0 saturated heterocycles. The number of rotatable bonds is 8. The van der Waals surface area contributed by atoms with Gasteiger partial charge in [0.05, 0.1) is 6.26 Å². The normalized spacial score (nSPS) is 10.1. The Labute approximate surface area is 109 Å². The highest BCUT2D eigenvalue weighted by molar-refractivity contribution is 5.79. The van der Waals surface area contributed by atoms with Gasteiger partial charge in [0.1, 0.15) is 12.4 Å². The van der Waals surface area contributed by atoms with Crippen LogP contribution in [0.15, 0.2) is 27.8 Å². The summed E-state index contributed by atoms with van der Waals surface area (Å²) in [5.41, 5.74) is 0. The van der Waals surface area contributed by atoms with Crippen LogP contribution in [0.25, 0.3) is 0 Å². The number of aliphatic imine (C=N–C) groups is 1. The fourth-order valence-electron chi connectivity index (χ4n) is 1.43. The quantitative estimate of drug-likeness (QED) is 0.421. The largest absolute Gasteiger partial charge is 0.467 e. The van der Waals surface area contributed by atoms with Crippen LogP contribution in [-0.2, 0) is 11.3 Å². The number of hydrogen-bond donors (Lipinski definition) is 2. The third-order valence-electron chi connectivity index (χ3n) is 2.23. The molecule has 5 heteroatoms. The van der Waals surface area contributed by atoms with Crippen molar-refractivity contribution >= 4 is 5.96 Å². The maximum absolute atomic E-state index is 5.48. The van der Waals surface area contributed by atoms with Crippen LogP contribution in [0.4, 0.5) is 0 Å². The second kappa shape index (κ2) is 9.53. The molecule has 0 bridgehead atoms. The summed E-state index contributed by atoms with van der Waals surface area (Å²) in [5.74, 6) is 1.73. The van der Waals surface area contributed by atoms with Gasteiger partial charge in [-0.3, -0.25) is 4.99 Å². The molecular formula is C13H23N3O2. The van der Waals surface area contributed by atoms with Gasteiger partial charge in [-0.15, -0.1) is 0 Å². The number of furan rings is 1. The molecular weight excluding hydrogens is 230 g/mol. The molecule has 0 fully saturated rings. The third kappa shape index (κ3) is 6.30. The molecule has 0 radical (unpaired) electrons. The number of nitrogens with zero attached hydrogens (tertiary/aromatic N) is 1. The molecule has 2 N–H and O–H groups in total. The van der Waals surface area contributed by atoms with Crippen molar-refractivity contribution in [1.82, 2.24) is 10.6 Å². The number of guanidine groups is 1. The van der Waals surface area contributed by atoms with Gasteiger partial charge >= 0.3 is 0 Å². The Bertz CT molecular complexity index is 315. The van der Waals surface area contributed by atoms with E-state index in [0.717, 1.165) is 37.8 Å². The van der Waals surface area contributed by atoms with Crippen LogP contribution in [0.2, 0.25) is 0 Å². The Hall–Kier alpha value is -1.49. The molecule has 0 aromatic carbocycles. The second-order valence-corrected chi connectivity index (χ2v) is 3.78. The van der Waals surface area contributed by atoms with Crippen molar-refractivity contribution in [2.75, 3.05) is 26.2 Å². The van der Waals surface area contributed by atoms with Crippen LogP contribution < -0.4 is 10.6 Å². The summed E-state index contributed by atoms with van der Waals surface area (Å²) in [6.45, 7) is 7.84. The van der Waals surface area contributed by atoms with Crippen molar-refractivity contribution in [3.8, 4) is 0 Å². The van der Waals surface area contributed by atoms with Crippen molar-refractivity contribution in [2.45, 2.75) is 26.9 Å². The Morgan fingerprint density at radius 2 is 2.11 bits per heavy atom. The molecule has 18 heavy (non-hydrogen) atoms. The fourth-order valence-corrected chi connectivity index (χ4v) is 1.43. The van der Waals surface area contributed by atoms with Crippen molar-refractivity contribution in [2.24, 2.45) is 4.99 Å². The molecule has 0 amide bonds. The molecule has 1 aromatic rings. The van der Waals surface area contributed by atoms with E-state index in [1.54, 1.807) is 6.26 Å². The standard InChI is InChI=1S/C13H23N3O2/c1-3-14-13(15-4-2)16-8-6-9-17-11-12-7-5-10-18-12/h5,7,10H,3-4,6,8-9,11H2,1-2H3,(H2,14,15,16). The average Bonchev–Trinajstić information content (AvgIpc) is 2.87. The SMILES string of the molecule is CCNC(=NCCCOCc1ccco1)NCC. The van der Waals surface area contributed by atoms with Gasteiger partial charge in [0, 0.05) is 26.2 Å². The Kier molecular flexibility index (Phi) is 7.72. The maximum Gasteiger partial charge on any atom is 0.191 e. The van der Waals surface area contributed by atoms with E-state index in [2.05, 4.69) is 29.5 Å². The van der Waals surface area contributed by atoms with E-state index < -0.39 is 0 Å². The van der Waals surface area contributed by atoms with Gasteiger partial charge in [0.25, 0.3) is 0 Å². The van der Waals surface area contributed by atoms with Gasteiger partial charge in [0.15, 0.2) is 5.96 Å². The molecule has 5 nitrogen and oxygen atoms in total. The average molecular weight is 253 g/mol. The molecule has 0 spiro atoms. The molecule has 1 heterocycles. The zero-order chi connectivity index (χ0) is 13.1. The van der Waals surface area contributed by atoms with Crippen molar-refractivity contribution in [1.29, 1.82) is 0 Å². The van der Waals surface area contributed by atoms with Gasteiger partial charge in [-0.05, 0) is 32.4 Å².